The van der Waals surface area contributed by atoms with Gasteiger partial charge in [0.25, 0.3) is 0 Å². The Balaban J connectivity index is 0.000000828. The van der Waals surface area contributed by atoms with Crippen molar-refractivity contribution in [2.45, 2.75) is 13.8 Å². The van der Waals surface area contributed by atoms with Crippen LogP contribution < -0.4 is 16.8 Å². The number of esters is 1. The van der Waals surface area contributed by atoms with Gasteiger partial charge in [0.15, 0.2) is 11.9 Å². The summed E-state index contributed by atoms with van der Waals surface area (Å²) >= 11 is 16.6. The molecule has 5 N–H and O–H groups in total. The Hall–Kier alpha value is -2.06. The zero-order valence-electron chi connectivity index (χ0n) is 14.9. The number of anilines is 2. The molecule has 0 atom stereocenters. The van der Waals surface area contributed by atoms with E-state index in [2.05, 4.69) is 29.0 Å². The Labute approximate surface area is 173 Å². The highest BCUT2D eigenvalue weighted by molar-refractivity contribution is 7.80. The third kappa shape index (κ3) is 7.60. The van der Waals surface area contributed by atoms with Gasteiger partial charge in [-0.25, -0.2) is 4.79 Å². The van der Waals surface area contributed by atoms with Crippen LogP contribution >= 0.6 is 35.4 Å². The van der Waals surface area contributed by atoms with Crippen molar-refractivity contribution in [3.63, 3.8) is 0 Å². The first-order valence-corrected chi connectivity index (χ1v) is 9.04. The highest BCUT2D eigenvalue weighted by Gasteiger charge is 2.15. The van der Waals surface area contributed by atoms with Gasteiger partial charge in [-0.15, -0.1) is 0 Å². The van der Waals surface area contributed by atoms with E-state index in [4.69, 9.17) is 32.7 Å². The minimum atomic E-state index is -0.485. The van der Waals surface area contributed by atoms with Gasteiger partial charge < -0.3 is 26.3 Å². The number of nitrogens with one attached hydrogen (secondary N) is 1. The van der Waals surface area contributed by atoms with Crippen molar-refractivity contribution in [3.05, 3.63) is 57.6 Å². The van der Waals surface area contributed by atoms with E-state index in [9.17, 15) is 4.79 Å². The molecule has 0 fully saturated rings. The second-order valence-corrected chi connectivity index (χ2v) is 6.43. The summed E-state index contributed by atoms with van der Waals surface area (Å²) in [5, 5.41) is 4.10. The monoisotopic (exact) mass is 429 g/mol. The molecule has 0 amide bonds. The van der Waals surface area contributed by atoms with E-state index in [-0.39, 0.29) is 11.9 Å². The predicted molar refractivity (Wildman–Crippen MR) is 114 cm³/mol. The Morgan fingerprint density at radius 1 is 1.19 bits per heavy atom. The standard InChI is InChI=1S/C17H17Cl2NO3.CH4N2S/c1-3-22-10-23-17(21)12-6-4-5-7-14(12)20-16-13(18)9-8-11(2)15(16)19;2-1(3)4/h4-9,20H,3,10H2,1-2H3;(H4,2,3,4). The molecule has 0 saturated heterocycles. The molecular weight excluding hydrogens is 409 g/mol. The molecule has 0 bridgehead atoms. The van der Waals surface area contributed by atoms with Crippen LogP contribution in [0.2, 0.25) is 10.0 Å². The Morgan fingerprint density at radius 3 is 2.44 bits per heavy atom. The number of benzene rings is 2. The molecule has 0 spiro atoms. The van der Waals surface area contributed by atoms with Crippen molar-refractivity contribution in [2.75, 3.05) is 18.7 Å². The second kappa shape index (κ2) is 11.6. The Bertz CT molecular complexity index is 799. The minimum absolute atomic E-state index is 0.000000000000000222. The second-order valence-electron chi connectivity index (χ2n) is 5.17. The van der Waals surface area contributed by atoms with Crippen LogP contribution in [-0.4, -0.2) is 24.5 Å². The Morgan fingerprint density at radius 2 is 1.81 bits per heavy atom. The van der Waals surface area contributed by atoms with Crippen molar-refractivity contribution in [1.29, 1.82) is 0 Å². The Kier molecular flexibility index (Phi) is 9.88. The van der Waals surface area contributed by atoms with Crippen molar-refractivity contribution < 1.29 is 14.3 Å². The first kappa shape index (κ1) is 23.0. The van der Waals surface area contributed by atoms with Crippen molar-refractivity contribution >= 4 is 57.9 Å². The largest absolute Gasteiger partial charge is 0.435 e. The predicted octanol–water partition coefficient (Wildman–Crippen LogP) is 4.38. The van der Waals surface area contributed by atoms with E-state index in [1.54, 1.807) is 30.3 Å². The van der Waals surface area contributed by atoms with Gasteiger partial charge in [-0.05, 0) is 49.8 Å². The number of rotatable bonds is 6. The quantitative estimate of drug-likeness (QED) is 0.271. The third-order valence-electron chi connectivity index (χ3n) is 3.17. The van der Waals surface area contributed by atoms with Gasteiger partial charge in [0.1, 0.15) is 0 Å². The molecule has 0 aromatic heterocycles. The summed E-state index contributed by atoms with van der Waals surface area (Å²) in [6.07, 6.45) is 0. The van der Waals surface area contributed by atoms with Crippen molar-refractivity contribution in [1.82, 2.24) is 0 Å². The first-order chi connectivity index (χ1) is 12.8. The molecule has 2 aromatic rings. The van der Waals surface area contributed by atoms with E-state index in [0.29, 0.717) is 33.6 Å². The van der Waals surface area contributed by atoms with E-state index in [1.165, 1.54) is 0 Å². The summed E-state index contributed by atoms with van der Waals surface area (Å²) < 4.78 is 10.1. The van der Waals surface area contributed by atoms with Crippen LogP contribution in [0.1, 0.15) is 22.8 Å². The molecule has 2 aromatic carbocycles. The van der Waals surface area contributed by atoms with Gasteiger partial charge in [-0.1, -0.05) is 41.4 Å². The van der Waals surface area contributed by atoms with Crippen LogP contribution in [-0.2, 0) is 9.47 Å². The third-order valence-corrected chi connectivity index (χ3v) is 3.97. The maximum absolute atomic E-state index is 12.2. The van der Waals surface area contributed by atoms with Gasteiger partial charge in [-0.2, -0.15) is 0 Å². The highest BCUT2D eigenvalue weighted by Crippen LogP contribution is 2.36. The first-order valence-electron chi connectivity index (χ1n) is 7.88. The fourth-order valence-corrected chi connectivity index (χ4v) is 2.40. The zero-order chi connectivity index (χ0) is 20.4. The maximum Gasteiger partial charge on any atom is 0.342 e. The number of para-hydroxylation sites is 1. The number of halogens is 2. The van der Waals surface area contributed by atoms with Gasteiger partial charge in [0.2, 0.25) is 0 Å². The molecule has 9 heteroatoms. The molecular formula is C18H21Cl2N3O3S. The molecule has 2 rings (SSSR count). The minimum Gasteiger partial charge on any atom is -0.435 e. The molecule has 0 unspecified atom stereocenters. The smallest absolute Gasteiger partial charge is 0.342 e. The van der Waals surface area contributed by atoms with E-state index >= 15 is 0 Å². The summed E-state index contributed by atoms with van der Waals surface area (Å²) in [6, 6.07) is 10.6. The number of carbonyl (C=O) groups excluding carboxylic acids is 1. The van der Waals surface area contributed by atoms with E-state index < -0.39 is 5.97 Å². The summed E-state index contributed by atoms with van der Waals surface area (Å²) in [5.41, 5.74) is 11.6. The van der Waals surface area contributed by atoms with Crippen LogP contribution in [0.15, 0.2) is 36.4 Å². The normalized spacial score (nSPS) is 9.78. The molecule has 6 nitrogen and oxygen atoms in total. The average Bonchev–Trinajstić information content (AvgIpc) is 2.62. The van der Waals surface area contributed by atoms with E-state index in [1.807, 2.05) is 19.9 Å². The zero-order valence-corrected chi connectivity index (χ0v) is 17.3. The van der Waals surface area contributed by atoms with Crippen molar-refractivity contribution in [2.24, 2.45) is 11.5 Å². The number of nitrogens with two attached hydrogens (primary N) is 2. The molecule has 0 aliphatic rings. The lowest BCUT2D eigenvalue weighted by Gasteiger charge is -2.15. The van der Waals surface area contributed by atoms with Crippen LogP contribution in [0.5, 0.6) is 0 Å². The van der Waals surface area contributed by atoms with Gasteiger partial charge in [0.05, 0.1) is 27.0 Å². The van der Waals surface area contributed by atoms with Gasteiger partial charge >= 0.3 is 5.97 Å². The lowest BCUT2D eigenvalue weighted by molar-refractivity contribution is -0.0273. The molecule has 0 radical (unpaired) electrons. The number of thiocarbonyl (C=S) groups is 1. The van der Waals surface area contributed by atoms with Gasteiger partial charge in [-0.3, -0.25) is 0 Å². The lowest BCUT2D eigenvalue weighted by Crippen LogP contribution is -2.18. The molecule has 146 valence electrons. The van der Waals surface area contributed by atoms with Crippen LogP contribution in [0.25, 0.3) is 0 Å². The molecule has 0 saturated carbocycles. The SMILES string of the molecule is CCOCOC(=O)c1ccccc1Nc1c(Cl)ccc(C)c1Cl.NC(N)=S. The number of carbonyl (C=O) groups is 1. The molecule has 0 aliphatic heterocycles. The number of aryl methyl sites for hydroxylation is 1. The molecule has 27 heavy (non-hydrogen) atoms. The van der Waals surface area contributed by atoms with Crippen LogP contribution in [0, 0.1) is 6.92 Å². The molecule has 0 aliphatic carbocycles. The summed E-state index contributed by atoms with van der Waals surface area (Å²) in [6.45, 7) is 4.09. The lowest BCUT2D eigenvalue weighted by atomic mass is 10.1. The topological polar surface area (TPSA) is 99.6 Å². The maximum atomic E-state index is 12.2. The number of ether oxygens (including phenoxy) is 2. The van der Waals surface area contributed by atoms with Crippen LogP contribution in [0.4, 0.5) is 11.4 Å². The highest BCUT2D eigenvalue weighted by atomic mass is 35.5. The fraction of sp³-hybridized carbons (Fsp3) is 0.222. The van der Waals surface area contributed by atoms with Gasteiger partial charge in [0, 0.05) is 6.61 Å². The number of hydrogen-bond donors (Lipinski definition) is 3. The molecule has 0 heterocycles. The van der Waals surface area contributed by atoms with Crippen LogP contribution in [0.3, 0.4) is 0 Å². The fourth-order valence-electron chi connectivity index (χ4n) is 1.93. The summed E-state index contributed by atoms with van der Waals surface area (Å²) in [4.78, 5) is 12.2. The van der Waals surface area contributed by atoms with E-state index in [0.717, 1.165) is 5.56 Å². The average molecular weight is 430 g/mol. The van der Waals surface area contributed by atoms with Crippen molar-refractivity contribution in [3.8, 4) is 0 Å². The summed E-state index contributed by atoms with van der Waals surface area (Å²) in [5.74, 6) is -0.485. The number of hydrogen-bond acceptors (Lipinski definition) is 5. The summed E-state index contributed by atoms with van der Waals surface area (Å²) in [7, 11) is 0.